The van der Waals surface area contributed by atoms with Crippen molar-refractivity contribution in [3.8, 4) is 22.9 Å². The summed E-state index contributed by atoms with van der Waals surface area (Å²) in [6.07, 6.45) is 0. The third-order valence-electron chi connectivity index (χ3n) is 4.77. The predicted molar refractivity (Wildman–Crippen MR) is 107 cm³/mol. The SMILES string of the molecule is COc1ccc(-c2noc(CN(C)S(=O)(=O)c3ccc(OC)c(C)c3C)n2)cc1. The van der Waals surface area contributed by atoms with Gasteiger partial charge in [0.15, 0.2) is 0 Å². The minimum absolute atomic E-state index is 0.0456. The molecule has 1 heterocycles. The first-order valence-electron chi connectivity index (χ1n) is 8.85. The minimum Gasteiger partial charge on any atom is -0.497 e. The van der Waals surface area contributed by atoms with Crippen molar-refractivity contribution in [3.63, 3.8) is 0 Å². The fraction of sp³-hybridized carbons (Fsp3) is 0.300. The molecule has 0 aliphatic heterocycles. The van der Waals surface area contributed by atoms with E-state index in [0.29, 0.717) is 22.9 Å². The lowest BCUT2D eigenvalue weighted by molar-refractivity contribution is 0.336. The maximum atomic E-state index is 13.0. The number of sulfonamides is 1. The number of aromatic nitrogens is 2. The van der Waals surface area contributed by atoms with Crippen LogP contribution in [-0.2, 0) is 16.6 Å². The van der Waals surface area contributed by atoms with Crippen molar-refractivity contribution < 1.29 is 22.4 Å². The third kappa shape index (κ3) is 4.10. The lowest BCUT2D eigenvalue weighted by Gasteiger charge is -2.18. The number of ether oxygens (including phenoxy) is 2. The molecule has 2 aromatic carbocycles. The van der Waals surface area contributed by atoms with Crippen LogP contribution in [0.1, 0.15) is 17.0 Å². The molecule has 29 heavy (non-hydrogen) atoms. The van der Waals surface area contributed by atoms with Gasteiger partial charge in [-0.1, -0.05) is 5.16 Å². The molecule has 0 unspecified atom stereocenters. The van der Waals surface area contributed by atoms with E-state index in [9.17, 15) is 8.42 Å². The van der Waals surface area contributed by atoms with Gasteiger partial charge in [-0.25, -0.2) is 8.42 Å². The first-order chi connectivity index (χ1) is 13.8. The van der Waals surface area contributed by atoms with E-state index >= 15 is 0 Å². The summed E-state index contributed by atoms with van der Waals surface area (Å²) in [5, 5.41) is 3.94. The number of nitrogens with zero attached hydrogens (tertiary/aromatic N) is 3. The van der Waals surface area contributed by atoms with Crippen LogP contribution in [0.15, 0.2) is 45.8 Å². The molecule has 0 bridgehead atoms. The number of hydrogen-bond acceptors (Lipinski definition) is 7. The fourth-order valence-electron chi connectivity index (χ4n) is 2.89. The monoisotopic (exact) mass is 417 g/mol. The van der Waals surface area contributed by atoms with Crippen LogP contribution in [0.5, 0.6) is 11.5 Å². The first-order valence-corrected chi connectivity index (χ1v) is 10.3. The quantitative estimate of drug-likeness (QED) is 0.583. The summed E-state index contributed by atoms with van der Waals surface area (Å²) in [5.41, 5.74) is 2.16. The molecule has 0 saturated carbocycles. The van der Waals surface area contributed by atoms with Crippen molar-refractivity contribution in [2.24, 2.45) is 0 Å². The van der Waals surface area contributed by atoms with Gasteiger partial charge < -0.3 is 14.0 Å². The Labute approximate surface area is 170 Å². The van der Waals surface area contributed by atoms with Crippen molar-refractivity contribution in [3.05, 3.63) is 53.4 Å². The minimum atomic E-state index is -3.75. The number of benzene rings is 2. The molecule has 0 atom stereocenters. The van der Waals surface area contributed by atoms with Crippen LogP contribution in [-0.4, -0.2) is 44.1 Å². The smallest absolute Gasteiger partial charge is 0.243 e. The average molecular weight is 417 g/mol. The summed E-state index contributed by atoms with van der Waals surface area (Å²) < 4.78 is 42.9. The highest BCUT2D eigenvalue weighted by Crippen LogP contribution is 2.29. The Balaban J connectivity index is 1.82. The summed E-state index contributed by atoms with van der Waals surface area (Å²) in [6, 6.07) is 10.4. The second-order valence-corrected chi connectivity index (χ2v) is 8.53. The largest absolute Gasteiger partial charge is 0.497 e. The Morgan fingerprint density at radius 1 is 1.00 bits per heavy atom. The third-order valence-corrected chi connectivity index (χ3v) is 6.72. The van der Waals surface area contributed by atoms with E-state index in [0.717, 1.165) is 11.1 Å². The van der Waals surface area contributed by atoms with Crippen molar-refractivity contribution in [1.29, 1.82) is 0 Å². The Morgan fingerprint density at radius 3 is 2.31 bits per heavy atom. The number of hydrogen-bond donors (Lipinski definition) is 0. The van der Waals surface area contributed by atoms with E-state index in [-0.39, 0.29) is 17.3 Å². The van der Waals surface area contributed by atoms with E-state index in [1.807, 2.05) is 6.92 Å². The van der Waals surface area contributed by atoms with Crippen molar-refractivity contribution in [2.75, 3.05) is 21.3 Å². The van der Waals surface area contributed by atoms with E-state index < -0.39 is 10.0 Å². The molecule has 8 nitrogen and oxygen atoms in total. The molecule has 0 fully saturated rings. The van der Waals surface area contributed by atoms with Crippen molar-refractivity contribution in [2.45, 2.75) is 25.3 Å². The van der Waals surface area contributed by atoms with Gasteiger partial charge in [-0.15, -0.1) is 0 Å². The Kier molecular flexibility index (Phi) is 5.90. The van der Waals surface area contributed by atoms with Gasteiger partial charge in [0.1, 0.15) is 11.5 Å². The molecule has 0 amide bonds. The highest BCUT2D eigenvalue weighted by Gasteiger charge is 2.26. The summed E-state index contributed by atoms with van der Waals surface area (Å²) in [4.78, 5) is 4.52. The maximum absolute atomic E-state index is 13.0. The Bertz CT molecular complexity index is 1110. The van der Waals surface area contributed by atoms with Gasteiger partial charge in [-0.05, 0) is 61.4 Å². The molecule has 0 saturated heterocycles. The van der Waals surface area contributed by atoms with Gasteiger partial charge in [0.2, 0.25) is 21.7 Å². The van der Waals surface area contributed by atoms with Gasteiger partial charge in [0.05, 0.1) is 25.7 Å². The summed E-state index contributed by atoms with van der Waals surface area (Å²) >= 11 is 0. The lowest BCUT2D eigenvalue weighted by atomic mass is 10.1. The van der Waals surface area contributed by atoms with Gasteiger partial charge in [0, 0.05) is 12.6 Å². The topological polar surface area (TPSA) is 94.8 Å². The van der Waals surface area contributed by atoms with E-state index in [1.54, 1.807) is 57.5 Å². The molecule has 3 aromatic rings. The summed E-state index contributed by atoms with van der Waals surface area (Å²) in [5.74, 6) is 1.94. The molecule has 0 aliphatic carbocycles. The molecule has 1 aromatic heterocycles. The second kappa shape index (κ2) is 8.22. The van der Waals surface area contributed by atoms with Crippen LogP contribution < -0.4 is 9.47 Å². The highest BCUT2D eigenvalue weighted by atomic mass is 32.2. The molecule has 0 radical (unpaired) electrons. The van der Waals surface area contributed by atoms with Crippen LogP contribution in [0.2, 0.25) is 0 Å². The molecule has 0 N–H and O–H groups in total. The van der Waals surface area contributed by atoms with Crippen LogP contribution in [0.25, 0.3) is 11.4 Å². The highest BCUT2D eigenvalue weighted by molar-refractivity contribution is 7.89. The molecule has 0 spiro atoms. The van der Waals surface area contributed by atoms with Crippen LogP contribution >= 0.6 is 0 Å². The van der Waals surface area contributed by atoms with E-state index in [4.69, 9.17) is 14.0 Å². The van der Waals surface area contributed by atoms with Gasteiger partial charge in [-0.3, -0.25) is 0 Å². The zero-order chi connectivity index (χ0) is 21.2. The Morgan fingerprint density at radius 2 is 1.69 bits per heavy atom. The van der Waals surface area contributed by atoms with Gasteiger partial charge in [-0.2, -0.15) is 9.29 Å². The second-order valence-electron chi connectivity index (χ2n) is 6.52. The van der Waals surface area contributed by atoms with Crippen LogP contribution in [0.3, 0.4) is 0 Å². The zero-order valence-electron chi connectivity index (χ0n) is 17.0. The number of methoxy groups -OCH3 is 2. The van der Waals surface area contributed by atoms with Gasteiger partial charge >= 0.3 is 0 Å². The van der Waals surface area contributed by atoms with Crippen molar-refractivity contribution >= 4 is 10.0 Å². The van der Waals surface area contributed by atoms with E-state index in [2.05, 4.69) is 10.1 Å². The standard InChI is InChI=1S/C20H23N3O5S/c1-13-14(2)18(11-10-17(13)27-5)29(24,25)23(3)12-19-21-20(22-28-19)15-6-8-16(26-4)9-7-15/h6-11H,12H2,1-5H3. The van der Waals surface area contributed by atoms with Gasteiger partial charge in [0.25, 0.3) is 0 Å². The first kappa shape index (κ1) is 20.8. The lowest BCUT2D eigenvalue weighted by Crippen LogP contribution is -2.27. The predicted octanol–water partition coefficient (Wildman–Crippen LogP) is 3.19. The molecule has 3 rings (SSSR count). The summed E-state index contributed by atoms with van der Waals surface area (Å²) in [7, 11) is 0.872. The molecular formula is C20H23N3O5S. The molecule has 9 heteroatoms. The van der Waals surface area contributed by atoms with Crippen LogP contribution in [0, 0.1) is 13.8 Å². The molecule has 154 valence electrons. The molecular weight excluding hydrogens is 394 g/mol. The number of rotatable bonds is 7. The fourth-order valence-corrected chi connectivity index (χ4v) is 4.29. The van der Waals surface area contributed by atoms with Crippen molar-refractivity contribution in [1.82, 2.24) is 14.4 Å². The molecule has 0 aliphatic rings. The summed E-state index contributed by atoms with van der Waals surface area (Å²) in [6.45, 7) is 3.54. The van der Waals surface area contributed by atoms with Crippen LogP contribution in [0.4, 0.5) is 0 Å². The average Bonchev–Trinajstić information content (AvgIpc) is 3.18. The normalized spacial score (nSPS) is 11.7. The maximum Gasteiger partial charge on any atom is 0.243 e. The zero-order valence-corrected chi connectivity index (χ0v) is 17.8. The Hall–Kier alpha value is -2.91. The van der Waals surface area contributed by atoms with E-state index in [1.165, 1.54) is 11.4 Å².